The largest absolute Gasteiger partial charge is 0.466 e. The molecule has 0 bridgehead atoms. The zero-order valence-electron chi connectivity index (χ0n) is 15.3. The molecule has 134 valence electrons. The Balaban J connectivity index is 1.58. The van der Waals surface area contributed by atoms with Gasteiger partial charge < -0.3 is 9.72 Å². The molecular weight excluding hydrogens is 312 g/mol. The molecule has 0 spiro atoms. The van der Waals surface area contributed by atoms with Crippen LogP contribution in [-0.4, -0.2) is 35.5 Å². The van der Waals surface area contributed by atoms with Crippen LogP contribution in [0.15, 0.2) is 24.3 Å². The van der Waals surface area contributed by atoms with Crippen LogP contribution in [0.25, 0.3) is 10.9 Å². The molecular formula is C21H28N2O2. The van der Waals surface area contributed by atoms with Crippen LogP contribution >= 0.6 is 0 Å². The molecule has 4 rings (SSSR count). The van der Waals surface area contributed by atoms with E-state index in [1.807, 2.05) is 0 Å². The normalized spacial score (nSPS) is 26.2. The van der Waals surface area contributed by atoms with Gasteiger partial charge in [-0.05, 0) is 42.7 Å². The van der Waals surface area contributed by atoms with Crippen LogP contribution in [-0.2, 0) is 16.0 Å². The summed E-state index contributed by atoms with van der Waals surface area (Å²) < 4.78 is 5.23. The lowest BCUT2D eigenvalue weighted by Crippen LogP contribution is -2.46. The highest BCUT2D eigenvalue weighted by atomic mass is 16.5. The summed E-state index contributed by atoms with van der Waals surface area (Å²) in [6, 6.07) is 9.17. The third-order valence-electron chi connectivity index (χ3n) is 6.25. The Hall–Kier alpha value is -1.81. The van der Waals surface area contributed by atoms with Gasteiger partial charge in [0.1, 0.15) is 0 Å². The highest BCUT2D eigenvalue weighted by Gasteiger charge is 2.39. The third kappa shape index (κ3) is 3.08. The fourth-order valence-corrected chi connectivity index (χ4v) is 4.95. The van der Waals surface area contributed by atoms with E-state index >= 15 is 0 Å². The number of carbonyl (C=O) groups is 1. The van der Waals surface area contributed by atoms with Gasteiger partial charge in [0, 0.05) is 36.6 Å². The molecule has 4 heteroatoms. The van der Waals surface area contributed by atoms with E-state index in [0.29, 0.717) is 24.5 Å². The quantitative estimate of drug-likeness (QED) is 0.854. The maximum atomic E-state index is 11.1. The fourth-order valence-electron chi connectivity index (χ4n) is 4.95. The van der Waals surface area contributed by atoms with Gasteiger partial charge in [0.15, 0.2) is 0 Å². The van der Waals surface area contributed by atoms with E-state index < -0.39 is 0 Å². The van der Waals surface area contributed by atoms with Crippen LogP contribution in [0.4, 0.5) is 0 Å². The number of hydrogen-bond donors (Lipinski definition) is 1. The summed E-state index contributed by atoms with van der Waals surface area (Å²) in [4.78, 5) is 17.5. The van der Waals surface area contributed by atoms with Gasteiger partial charge in [0.05, 0.1) is 12.6 Å². The standard InChI is InChI=1S/C21H28N2O2/c1-3-15-13-23-10-8-18-17-6-4-5-7-19(17)22-21(18)20(23)12-16(15)9-11-25-14(2)24/h4-7,15-16,20,22H,3,8-13H2,1-2H3. The van der Waals surface area contributed by atoms with Gasteiger partial charge in [-0.2, -0.15) is 0 Å². The molecule has 0 amide bonds. The lowest BCUT2D eigenvalue weighted by atomic mass is 9.76. The molecule has 2 aromatic rings. The average molecular weight is 340 g/mol. The minimum atomic E-state index is -0.166. The van der Waals surface area contributed by atoms with Gasteiger partial charge in [-0.15, -0.1) is 0 Å². The first-order valence-electron chi connectivity index (χ1n) is 9.64. The van der Waals surface area contributed by atoms with Crippen LogP contribution in [0.5, 0.6) is 0 Å². The number of carbonyl (C=O) groups excluding carboxylic acids is 1. The molecule has 1 aromatic carbocycles. The zero-order chi connectivity index (χ0) is 17.4. The summed E-state index contributed by atoms with van der Waals surface area (Å²) in [7, 11) is 0. The monoisotopic (exact) mass is 340 g/mol. The Morgan fingerprint density at radius 3 is 2.96 bits per heavy atom. The predicted octanol–water partition coefficient (Wildman–Crippen LogP) is 4.07. The van der Waals surface area contributed by atoms with Crippen LogP contribution in [0, 0.1) is 11.8 Å². The van der Waals surface area contributed by atoms with E-state index in [-0.39, 0.29) is 5.97 Å². The number of para-hydroxylation sites is 1. The first-order chi connectivity index (χ1) is 12.2. The molecule has 2 aliphatic rings. The number of fused-ring (bicyclic) bond motifs is 5. The number of esters is 1. The van der Waals surface area contributed by atoms with Crippen LogP contribution < -0.4 is 0 Å². The number of rotatable bonds is 4. The number of ether oxygens (including phenoxy) is 1. The molecule has 0 aliphatic carbocycles. The maximum absolute atomic E-state index is 11.1. The fraction of sp³-hybridized carbons (Fsp3) is 0.571. The van der Waals surface area contributed by atoms with E-state index in [9.17, 15) is 4.79 Å². The molecule has 4 nitrogen and oxygen atoms in total. The van der Waals surface area contributed by atoms with E-state index in [1.54, 1.807) is 0 Å². The zero-order valence-corrected chi connectivity index (χ0v) is 15.3. The Morgan fingerprint density at radius 1 is 1.32 bits per heavy atom. The molecule has 2 aliphatic heterocycles. The van der Waals surface area contributed by atoms with Crippen molar-refractivity contribution in [1.82, 2.24) is 9.88 Å². The molecule has 25 heavy (non-hydrogen) atoms. The predicted molar refractivity (Wildman–Crippen MR) is 99.5 cm³/mol. The highest BCUT2D eigenvalue weighted by Crippen LogP contribution is 2.44. The SMILES string of the molecule is CCC1CN2CCc3c([nH]c4ccccc34)C2CC1CCOC(C)=O. The molecule has 3 unspecified atom stereocenters. The first-order valence-corrected chi connectivity index (χ1v) is 9.64. The van der Waals surface area contributed by atoms with Gasteiger partial charge in [-0.25, -0.2) is 0 Å². The second kappa shape index (κ2) is 6.83. The summed E-state index contributed by atoms with van der Waals surface area (Å²) in [5.41, 5.74) is 4.22. The van der Waals surface area contributed by atoms with Crippen molar-refractivity contribution in [3.63, 3.8) is 0 Å². The molecule has 1 saturated heterocycles. The van der Waals surface area contributed by atoms with Crippen LogP contribution in [0.2, 0.25) is 0 Å². The van der Waals surface area contributed by atoms with E-state index in [4.69, 9.17) is 4.74 Å². The molecule has 0 radical (unpaired) electrons. The van der Waals surface area contributed by atoms with Crippen LogP contribution in [0.1, 0.15) is 50.4 Å². The molecule has 3 heterocycles. The van der Waals surface area contributed by atoms with Crippen molar-refractivity contribution in [3.8, 4) is 0 Å². The number of benzene rings is 1. The molecule has 1 aromatic heterocycles. The van der Waals surface area contributed by atoms with Crippen molar-refractivity contribution in [3.05, 3.63) is 35.5 Å². The lowest BCUT2D eigenvalue weighted by molar-refractivity contribution is -0.141. The number of aromatic nitrogens is 1. The Kier molecular flexibility index (Phi) is 4.55. The Morgan fingerprint density at radius 2 is 2.16 bits per heavy atom. The number of H-pyrrole nitrogens is 1. The molecule has 3 atom stereocenters. The van der Waals surface area contributed by atoms with Gasteiger partial charge in [-0.1, -0.05) is 31.5 Å². The van der Waals surface area contributed by atoms with Gasteiger partial charge in [0.25, 0.3) is 0 Å². The number of nitrogens with zero attached hydrogens (tertiary/aromatic N) is 1. The van der Waals surface area contributed by atoms with Gasteiger partial charge >= 0.3 is 5.97 Å². The Bertz CT molecular complexity index is 766. The van der Waals surface area contributed by atoms with Gasteiger partial charge in [-0.3, -0.25) is 9.69 Å². The van der Waals surface area contributed by atoms with E-state index in [0.717, 1.165) is 19.4 Å². The number of hydrogen-bond acceptors (Lipinski definition) is 3. The first kappa shape index (κ1) is 16.6. The molecule has 1 N–H and O–H groups in total. The minimum Gasteiger partial charge on any atom is -0.466 e. The lowest BCUT2D eigenvalue weighted by Gasteiger charge is -2.46. The smallest absolute Gasteiger partial charge is 0.302 e. The summed E-state index contributed by atoms with van der Waals surface area (Å²) in [5, 5.41) is 1.39. The van der Waals surface area contributed by atoms with Gasteiger partial charge in [0.2, 0.25) is 0 Å². The van der Waals surface area contributed by atoms with E-state index in [2.05, 4.69) is 41.1 Å². The number of piperidine rings is 1. The summed E-state index contributed by atoms with van der Waals surface area (Å²) in [6.45, 7) is 6.68. The van der Waals surface area contributed by atoms with Crippen molar-refractivity contribution in [1.29, 1.82) is 0 Å². The maximum Gasteiger partial charge on any atom is 0.302 e. The molecule has 0 saturated carbocycles. The summed E-state index contributed by atoms with van der Waals surface area (Å²) in [6.07, 6.45) is 4.50. The average Bonchev–Trinajstić information content (AvgIpc) is 3.00. The molecule has 1 fully saturated rings. The Labute approximate surface area is 149 Å². The summed E-state index contributed by atoms with van der Waals surface area (Å²) >= 11 is 0. The van der Waals surface area contributed by atoms with E-state index in [1.165, 1.54) is 48.5 Å². The van der Waals surface area contributed by atoms with Crippen molar-refractivity contribution < 1.29 is 9.53 Å². The third-order valence-corrected chi connectivity index (χ3v) is 6.25. The van der Waals surface area contributed by atoms with Crippen molar-refractivity contribution in [2.75, 3.05) is 19.7 Å². The highest BCUT2D eigenvalue weighted by molar-refractivity contribution is 5.85. The number of aromatic amines is 1. The topological polar surface area (TPSA) is 45.3 Å². The second-order valence-corrected chi connectivity index (χ2v) is 7.62. The minimum absolute atomic E-state index is 0.166. The van der Waals surface area contributed by atoms with Crippen molar-refractivity contribution in [2.24, 2.45) is 11.8 Å². The second-order valence-electron chi connectivity index (χ2n) is 7.62. The van der Waals surface area contributed by atoms with Crippen LogP contribution in [0.3, 0.4) is 0 Å². The van der Waals surface area contributed by atoms with Crippen molar-refractivity contribution in [2.45, 2.75) is 45.6 Å². The summed E-state index contributed by atoms with van der Waals surface area (Å²) in [5.74, 6) is 1.17. The van der Waals surface area contributed by atoms with Crippen molar-refractivity contribution >= 4 is 16.9 Å². The number of nitrogens with one attached hydrogen (secondary N) is 1.